The lowest BCUT2D eigenvalue weighted by Crippen LogP contribution is -2.17. The molecule has 0 aliphatic rings. The molecule has 5 rings (SSSR count). The zero-order valence-electron chi connectivity index (χ0n) is 17.6. The highest BCUT2D eigenvalue weighted by Crippen LogP contribution is 2.21. The smallest absolute Gasteiger partial charge is 0.117 e. The first-order chi connectivity index (χ1) is 15.8. The van der Waals surface area contributed by atoms with Crippen molar-refractivity contribution in [1.82, 2.24) is 25.3 Å². The van der Waals surface area contributed by atoms with E-state index >= 15 is 0 Å². The molecule has 0 fully saturated rings. The lowest BCUT2D eigenvalue weighted by atomic mass is 10.1. The minimum absolute atomic E-state index is 0.604. The molecular weight excluding hydrogens is 418 g/mol. The van der Waals surface area contributed by atoms with Gasteiger partial charge in [0.2, 0.25) is 0 Å². The molecule has 0 amide bonds. The number of hydrogen-bond acceptors (Lipinski definition) is 3. The topological polar surface area (TPSA) is 58.5 Å². The molecule has 0 spiro atoms. The molecule has 32 heavy (non-hydrogen) atoms. The summed E-state index contributed by atoms with van der Waals surface area (Å²) in [5, 5.41) is 15.2. The quantitative estimate of drug-likeness (QED) is 0.314. The standard InChI is InChI=1S/C26H24ClN5/c27-22-12-10-19(11-13-22)18-32-30-25(26(31-32)20-6-2-1-3-7-20)17-28-15-14-21-16-29-24-9-5-4-8-23(21)24/h1-13,16,28-29H,14-15,17-18H2. The van der Waals surface area contributed by atoms with Gasteiger partial charge in [-0.15, -0.1) is 0 Å². The Hall–Kier alpha value is -3.41. The van der Waals surface area contributed by atoms with Crippen LogP contribution in [0.1, 0.15) is 16.8 Å². The van der Waals surface area contributed by atoms with Crippen LogP contribution in [0.15, 0.2) is 85.1 Å². The van der Waals surface area contributed by atoms with Gasteiger partial charge in [0.15, 0.2) is 0 Å². The van der Waals surface area contributed by atoms with Crippen molar-refractivity contribution >= 4 is 22.5 Å². The van der Waals surface area contributed by atoms with Crippen LogP contribution in [-0.4, -0.2) is 26.5 Å². The van der Waals surface area contributed by atoms with E-state index in [0.717, 1.165) is 40.5 Å². The zero-order chi connectivity index (χ0) is 21.8. The number of halogens is 1. The Balaban J connectivity index is 1.30. The molecule has 6 heteroatoms. The van der Waals surface area contributed by atoms with Crippen LogP contribution in [0.5, 0.6) is 0 Å². The van der Waals surface area contributed by atoms with E-state index in [1.54, 1.807) is 4.80 Å². The van der Waals surface area contributed by atoms with Crippen LogP contribution in [0, 0.1) is 0 Å². The summed E-state index contributed by atoms with van der Waals surface area (Å²) in [6.45, 7) is 2.12. The highest BCUT2D eigenvalue weighted by molar-refractivity contribution is 6.30. The molecule has 0 aliphatic heterocycles. The van der Waals surface area contributed by atoms with Gasteiger partial charge in [0.25, 0.3) is 0 Å². The summed E-state index contributed by atoms with van der Waals surface area (Å²) in [6.07, 6.45) is 3.05. The molecule has 2 aromatic heterocycles. The average molecular weight is 442 g/mol. The number of H-pyrrole nitrogens is 1. The van der Waals surface area contributed by atoms with Crippen LogP contribution in [0.2, 0.25) is 5.02 Å². The predicted octanol–water partition coefficient (Wildman–Crippen LogP) is 5.46. The molecule has 0 radical (unpaired) electrons. The molecule has 0 aliphatic carbocycles. The van der Waals surface area contributed by atoms with E-state index in [9.17, 15) is 0 Å². The summed E-state index contributed by atoms with van der Waals surface area (Å²) >= 11 is 6.02. The minimum atomic E-state index is 0.604. The monoisotopic (exact) mass is 441 g/mol. The van der Waals surface area contributed by atoms with Crippen molar-refractivity contribution in [3.63, 3.8) is 0 Å². The van der Waals surface area contributed by atoms with Gasteiger partial charge in [-0.25, -0.2) is 0 Å². The number of hydrogen-bond donors (Lipinski definition) is 2. The highest BCUT2D eigenvalue weighted by Gasteiger charge is 2.13. The Morgan fingerprint density at radius 2 is 1.66 bits per heavy atom. The normalized spacial score (nSPS) is 11.3. The predicted molar refractivity (Wildman–Crippen MR) is 130 cm³/mol. The maximum absolute atomic E-state index is 6.02. The third-order valence-corrected chi connectivity index (χ3v) is 5.80. The van der Waals surface area contributed by atoms with Crippen LogP contribution >= 0.6 is 11.6 Å². The molecule has 5 nitrogen and oxygen atoms in total. The van der Waals surface area contributed by atoms with E-state index in [1.165, 1.54) is 16.5 Å². The van der Waals surface area contributed by atoms with Crippen LogP contribution in [0.3, 0.4) is 0 Å². The van der Waals surface area contributed by atoms with E-state index in [1.807, 2.05) is 42.5 Å². The number of benzene rings is 3. The van der Waals surface area contributed by atoms with Gasteiger partial charge in [-0.2, -0.15) is 15.0 Å². The molecule has 0 saturated carbocycles. The van der Waals surface area contributed by atoms with Crippen molar-refractivity contribution < 1.29 is 0 Å². The van der Waals surface area contributed by atoms with E-state index in [0.29, 0.717) is 13.1 Å². The molecule has 2 N–H and O–H groups in total. The average Bonchev–Trinajstić information content (AvgIpc) is 3.43. The first-order valence-corrected chi connectivity index (χ1v) is 11.1. The maximum atomic E-state index is 6.02. The van der Waals surface area contributed by atoms with E-state index in [2.05, 4.69) is 52.9 Å². The number of nitrogens with one attached hydrogen (secondary N) is 2. The Morgan fingerprint density at radius 3 is 2.50 bits per heavy atom. The van der Waals surface area contributed by atoms with Gasteiger partial charge in [0.05, 0.1) is 6.54 Å². The Bertz CT molecular complexity index is 1310. The van der Waals surface area contributed by atoms with E-state index in [-0.39, 0.29) is 0 Å². The van der Waals surface area contributed by atoms with Crippen molar-refractivity contribution in [2.45, 2.75) is 19.5 Å². The molecular formula is C26H24ClN5. The van der Waals surface area contributed by atoms with E-state index in [4.69, 9.17) is 21.8 Å². The lowest BCUT2D eigenvalue weighted by Gasteiger charge is -2.04. The largest absolute Gasteiger partial charge is 0.361 e. The molecule has 3 aromatic carbocycles. The van der Waals surface area contributed by atoms with Gasteiger partial charge in [0, 0.05) is 34.2 Å². The van der Waals surface area contributed by atoms with Crippen LogP contribution in [-0.2, 0) is 19.5 Å². The molecule has 5 aromatic rings. The first kappa shape index (κ1) is 20.5. The van der Waals surface area contributed by atoms with Crippen molar-refractivity contribution in [3.05, 3.63) is 107 Å². The number of aromatic nitrogens is 4. The minimum Gasteiger partial charge on any atom is -0.361 e. The fourth-order valence-electron chi connectivity index (χ4n) is 3.91. The number of para-hydroxylation sites is 1. The molecule has 0 bridgehead atoms. The van der Waals surface area contributed by atoms with Crippen molar-refractivity contribution in [3.8, 4) is 11.3 Å². The summed E-state index contributed by atoms with van der Waals surface area (Å²) in [6, 6.07) is 26.4. The van der Waals surface area contributed by atoms with Crippen LogP contribution in [0.25, 0.3) is 22.2 Å². The van der Waals surface area contributed by atoms with Crippen molar-refractivity contribution in [2.24, 2.45) is 0 Å². The zero-order valence-corrected chi connectivity index (χ0v) is 18.4. The number of nitrogens with zero attached hydrogens (tertiary/aromatic N) is 3. The fraction of sp³-hybridized carbons (Fsp3) is 0.154. The Morgan fingerprint density at radius 1 is 0.875 bits per heavy atom. The second-order valence-corrected chi connectivity index (χ2v) is 8.24. The van der Waals surface area contributed by atoms with Crippen LogP contribution in [0.4, 0.5) is 0 Å². The number of rotatable bonds is 8. The first-order valence-electron chi connectivity index (χ1n) is 10.8. The molecule has 0 unspecified atom stereocenters. The van der Waals surface area contributed by atoms with Gasteiger partial charge in [-0.3, -0.25) is 0 Å². The molecule has 2 heterocycles. The molecule has 0 atom stereocenters. The van der Waals surface area contributed by atoms with Crippen LogP contribution < -0.4 is 5.32 Å². The van der Waals surface area contributed by atoms with Gasteiger partial charge < -0.3 is 10.3 Å². The van der Waals surface area contributed by atoms with Gasteiger partial charge in [-0.1, -0.05) is 72.3 Å². The summed E-state index contributed by atoms with van der Waals surface area (Å²) < 4.78 is 0. The van der Waals surface area contributed by atoms with Crippen molar-refractivity contribution in [1.29, 1.82) is 0 Å². The SMILES string of the molecule is Clc1ccc(Cn2nc(CNCCc3c[nH]c4ccccc34)c(-c3ccccc3)n2)cc1. The summed E-state index contributed by atoms with van der Waals surface area (Å²) in [4.78, 5) is 5.11. The lowest BCUT2D eigenvalue weighted by molar-refractivity contribution is 0.577. The highest BCUT2D eigenvalue weighted by atomic mass is 35.5. The van der Waals surface area contributed by atoms with Gasteiger partial charge in [-0.05, 0) is 42.3 Å². The summed E-state index contributed by atoms with van der Waals surface area (Å²) in [5.41, 5.74) is 6.55. The summed E-state index contributed by atoms with van der Waals surface area (Å²) in [5.74, 6) is 0. The third-order valence-electron chi connectivity index (χ3n) is 5.55. The Kier molecular flexibility index (Phi) is 6.01. The Labute approximate surface area is 192 Å². The molecule has 0 saturated heterocycles. The molecule has 160 valence electrons. The maximum Gasteiger partial charge on any atom is 0.117 e. The number of fused-ring (bicyclic) bond motifs is 1. The van der Waals surface area contributed by atoms with Gasteiger partial charge >= 0.3 is 0 Å². The second kappa shape index (κ2) is 9.39. The second-order valence-electron chi connectivity index (χ2n) is 7.80. The van der Waals surface area contributed by atoms with Crippen molar-refractivity contribution in [2.75, 3.05) is 6.54 Å². The van der Waals surface area contributed by atoms with E-state index < -0.39 is 0 Å². The fourth-order valence-corrected chi connectivity index (χ4v) is 4.04. The van der Waals surface area contributed by atoms with Gasteiger partial charge in [0.1, 0.15) is 11.4 Å². The third kappa shape index (κ3) is 4.59. The number of aromatic amines is 1. The summed E-state index contributed by atoms with van der Waals surface area (Å²) in [7, 11) is 0.